The number of carbonyl (C=O) groups excluding carboxylic acids is 2. The molecule has 2 fully saturated rings. The molecule has 1 aromatic carbocycles. The van der Waals surface area contributed by atoms with E-state index in [1.165, 1.54) is 4.90 Å². The van der Waals surface area contributed by atoms with E-state index in [9.17, 15) is 54.9 Å². The number of aromatic nitrogens is 1. The van der Waals surface area contributed by atoms with Crippen LogP contribution in [0.5, 0.6) is 0 Å². The molecule has 3 N–H and O–H groups in total. The Labute approximate surface area is 244 Å². The summed E-state index contributed by atoms with van der Waals surface area (Å²) in [6, 6.07) is 0.327. The lowest BCUT2D eigenvalue weighted by molar-refractivity contribution is -0.376. The Kier molecular flexibility index (Phi) is 9.16. The Balaban J connectivity index is 1.81. The number of nitrogens with one attached hydrogen (secondary N) is 1. The van der Waals surface area contributed by atoms with Gasteiger partial charge in [0, 0.05) is 35.8 Å². The number of aliphatic hydroxyl groups is 2. The van der Waals surface area contributed by atoms with Gasteiger partial charge in [0.1, 0.15) is 5.69 Å². The van der Waals surface area contributed by atoms with Crippen LogP contribution in [0.4, 0.5) is 35.1 Å². The van der Waals surface area contributed by atoms with Gasteiger partial charge in [-0.2, -0.15) is 26.3 Å². The van der Waals surface area contributed by atoms with Gasteiger partial charge in [0.25, 0.3) is 23.8 Å². The third-order valence-corrected chi connectivity index (χ3v) is 9.06. The number of thiazole rings is 1. The largest absolute Gasteiger partial charge is 0.430 e. The topological polar surface area (TPSA) is 103 Å². The summed E-state index contributed by atoms with van der Waals surface area (Å²) in [5.74, 6) is -1.61. The van der Waals surface area contributed by atoms with Crippen molar-refractivity contribution < 1.29 is 54.9 Å². The summed E-state index contributed by atoms with van der Waals surface area (Å²) in [7, 11) is 0. The van der Waals surface area contributed by atoms with E-state index in [0.29, 0.717) is 43.1 Å². The molecule has 0 spiro atoms. The Morgan fingerprint density at radius 2 is 1.72 bits per heavy atom. The normalized spacial score (nSPS) is 19.6. The Morgan fingerprint density at radius 1 is 1.09 bits per heavy atom. The monoisotopic (exact) mass is 643 g/mol. The predicted molar refractivity (Wildman–Crippen MR) is 139 cm³/mol. The number of hydrogen-bond donors (Lipinski definition) is 3. The van der Waals surface area contributed by atoms with Crippen LogP contribution in [0.25, 0.3) is 10.4 Å². The van der Waals surface area contributed by atoms with E-state index in [-0.39, 0.29) is 41.1 Å². The SMILES string of the molecule is C[C@H]1CCCN1C(=O)c1nc(C(=O)NCC2(O)CCCCC2)sc1-c1ccc(C(O)(C(F)(F)F)C(F)(F)F)cc1C(F)F. The highest BCUT2D eigenvalue weighted by Gasteiger charge is 2.71. The molecule has 1 aliphatic heterocycles. The van der Waals surface area contributed by atoms with Gasteiger partial charge >= 0.3 is 12.4 Å². The quantitative estimate of drug-likeness (QED) is 0.316. The molecule has 43 heavy (non-hydrogen) atoms. The summed E-state index contributed by atoms with van der Waals surface area (Å²) < 4.78 is 109. The van der Waals surface area contributed by atoms with Crippen molar-refractivity contribution in [2.45, 2.75) is 87.9 Å². The second-order valence-electron chi connectivity index (χ2n) is 11.0. The minimum absolute atomic E-state index is 0.105. The van der Waals surface area contributed by atoms with Crippen molar-refractivity contribution in [1.29, 1.82) is 0 Å². The molecule has 1 atom stereocenters. The molecule has 1 saturated heterocycles. The maximum atomic E-state index is 14.2. The minimum atomic E-state index is -6.31. The zero-order chi connectivity index (χ0) is 32.0. The van der Waals surface area contributed by atoms with Crippen molar-refractivity contribution in [1.82, 2.24) is 15.2 Å². The molecule has 2 aliphatic rings. The predicted octanol–water partition coefficient (Wildman–Crippen LogP) is 6.11. The van der Waals surface area contributed by atoms with Crippen LogP contribution in [0.3, 0.4) is 0 Å². The maximum Gasteiger partial charge on any atom is 0.430 e. The number of benzene rings is 1. The van der Waals surface area contributed by atoms with Crippen LogP contribution in [-0.4, -0.2) is 69.0 Å². The zero-order valence-corrected chi connectivity index (χ0v) is 23.6. The number of amides is 2. The highest BCUT2D eigenvalue weighted by atomic mass is 32.1. The molecule has 2 amide bonds. The van der Waals surface area contributed by atoms with Gasteiger partial charge in [-0.3, -0.25) is 9.59 Å². The molecular formula is C27H29F8N3O4S. The number of rotatable bonds is 7. The lowest BCUT2D eigenvalue weighted by Gasteiger charge is -2.33. The van der Waals surface area contributed by atoms with Crippen LogP contribution < -0.4 is 5.32 Å². The number of carbonyl (C=O) groups is 2. The number of alkyl halides is 8. The van der Waals surface area contributed by atoms with Crippen LogP contribution in [0, 0.1) is 0 Å². The summed E-state index contributed by atoms with van der Waals surface area (Å²) in [4.78, 5) is 31.6. The summed E-state index contributed by atoms with van der Waals surface area (Å²) in [6.45, 7) is 1.85. The molecule has 4 rings (SSSR count). The first-order valence-corrected chi connectivity index (χ1v) is 14.3. The maximum absolute atomic E-state index is 14.2. The van der Waals surface area contributed by atoms with E-state index >= 15 is 0 Å². The van der Waals surface area contributed by atoms with Gasteiger partial charge in [0.05, 0.1) is 10.5 Å². The molecule has 1 saturated carbocycles. The molecular weight excluding hydrogens is 614 g/mol. The Morgan fingerprint density at radius 3 is 2.26 bits per heavy atom. The van der Waals surface area contributed by atoms with Crippen molar-refractivity contribution in [3.05, 3.63) is 40.0 Å². The summed E-state index contributed by atoms with van der Waals surface area (Å²) >= 11 is 0.458. The van der Waals surface area contributed by atoms with Crippen molar-refractivity contribution >= 4 is 23.2 Å². The molecule has 2 aromatic rings. The molecule has 238 valence electrons. The van der Waals surface area contributed by atoms with E-state index in [4.69, 9.17) is 0 Å². The van der Waals surface area contributed by atoms with E-state index < -0.39 is 64.2 Å². The fraction of sp³-hybridized carbons (Fsp3) is 0.593. The van der Waals surface area contributed by atoms with E-state index in [1.54, 1.807) is 6.92 Å². The highest BCUT2D eigenvalue weighted by molar-refractivity contribution is 7.17. The average Bonchev–Trinajstić information content (AvgIpc) is 3.56. The number of nitrogens with zero attached hydrogens (tertiary/aromatic N) is 2. The first-order valence-electron chi connectivity index (χ1n) is 13.5. The lowest BCUT2D eigenvalue weighted by atomic mass is 9.85. The number of likely N-dealkylation sites (tertiary alicyclic amines) is 1. The first kappa shape index (κ1) is 33.1. The minimum Gasteiger partial charge on any atom is -0.388 e. The van der Waals surface area contributed by atoms with Crippen molar-refractivity contribution in [2.24, 2.45) is 0 Å². The smallest absolute Gasteiger partial charge is 0.388 e. The number of hydrogen-bond acceptors (Lipinski definition) is 6. The molecule has 7 nitrogen and oxygen atoms in total. The fourth-order valence-corrected chi connectivity index (χ4v) is 6.51. The highest BCUT2D eigenvalue weighted by Crippen LogP contribution is 2.51. The lowest BCUT2D eigenvalue weighted by Crippen LogP contribution is -2.54. The van der Waals surface area contributed by atoms with Crippen molar-refractivity contribution in [2.75, 3.05) is 13.1 Å². The van der Waals surface area contributed by atoms with Gasteiger partial charge in [0.15, 0.2) is 5.01 Å². The molecule has 2 heterocycles. The Bertz CT molecular complexity index is 1340. The zero-order valence-electron chi connectivity index (χ0n) is 22.8. The summed E-state index contributed by atoms with van der Waals surface area (Å²) in [5.41, 5.74) is -11.0. The molecule has 0 bridgehead atoms. The van der Waals surface area contributed by atoms with Gasteiger partial charge in [0.2, 0.25) is 0 Å². The molecule has 16 heteroatoms. The Hall–Kier alpha value is -2.85. The van der Waals surface area contributed by atoms with Crippen LogP contribution in [0.15, 0.2) is 18.2 Å². The van der Waals surface area contributed by atoms with Crippen LogP contribution in [0.2, 0.25) is 0 Å². The van der Waals surface area contributed by atoms with E-state index in [1.807, 2.05) is 0 Å². The second kappa shape index (κ2) is 11.9. The van der Waals surface area contributed by atoms with Crippen LogP contribution in [-0.2, 0) is 5.60 Å². The molecule has 1 aliphatic carbocycles. The van der Waals surface area contributed by atoms with Gasteiger partial charge < -0.3 is 20.4 Å². The number of halogens is 8. The van der Waals surface area contributed by atoms with Gasteiger partial charge in [-0.15, -0.1) is 11.3 Å². The molecule has 0 unspecified atom stereocenters. The van der Waals surface area contributed by atoms with Crippen LogP contribution >= 0.6 is 11.3 Å². The van der Waals surface area contributed by atoms with Gasteiger partial charge in [-0.05, 0) is 38.7 Å². The third kappa shape index (κ3) is 6.36. The van der Waals surface area contributed by atoms with E-state index in [2.05, 4.69) is 10.3 Å². The van der Waals surface area contributed by atoms with Gasteiger partial charge in [-0.25, -0.2) is 13.8 Å². The second-order valence-corrected chi connectivity index (χ2v) is 12.0. The standard InChI is InChI=1S/C27H29F8N3O4S/c1-14-6-5-11-38(14)23(40)18-19(43-22(37-18)21(39)36-13-24(41)9-3-2-4-10-24)16-8-7-15(12-17(16)20(28)29)25(42,26(30,31)32)27(33,34)35/h7-8,12,14,20,41-42H,2-6,9-11,13H2,1H3,(H,36,39)/t14-/m0/s1. The molecule has 1 aromatic heterocycles. The fourth-order valence-electron chi connectivity index (χ4n) is 5.49. The van der Waals surface area contributed by atoms with Crippen molar-refractivity contribution in [3.8, 4) is 10.4 Å². The third-order valence-electron chi connectivity index (χ3n) is 7.97. The first-order chi connectivity index (χ1) is 19.9. The van der Waals surface area contributed by atoms with E-state index in [0.717, 1.165) is 19.3 Å². The van der Waals surface area contributed by atoms with Gasteiger partial charge in [-0.1, -0.05) is 31.4 Å². The summed E-state index contributed by atoms with van der Waals surface area (Å²) in [6.07, 6.45) is -11.8. The average molecular weight is 644 g/mol. The van der Waals surface area contributed by atoms with Crippen LogP contribution in [0.1, 0.15) is 89.7 Å². The summed E-state index contributed by atoms with van der Waals surface area (Å²) in [5, 5.41) is 22.6. The van der Waals surface area contributed by atoms with Crippen molar-refractivity contribution in [3.63, 3.8) is 0 Å². The molecule has 0 radical (unpaired) electrons.